The Balaban J connectivity index is 3.55. The van der Waals surface area contributed by atoms with E-state index in [2.05, 4.69) is 4.52 Å². The summed E-state index contributed by atoms with van der Waals surface area (Å²) < 4.78 is 14.6. The number of hydrogen-bond acceptors (Lipinski definition) is 4. The van der Waals surface area contributed by atoms with Crippen LogP contribution in [-0.4, -0.2) is 35.7 Å². The van der Waals surface area contributed by atoms with Crippen LogP contribution in [0.4, 0.5) is 0 Å². The standard InChI is InChI=1S/C4H9O5P/c1-10(7,8)9-3-4(6)2-5/h2,4,6H,3H2,1H3,(H,7,8). The molecule has 0 heterocycles. The molecule has 0 fully saturated rings. The summed E-state index contributed by atoms with van der Waals surface area (Å²) in [5, 5.41) is 8.50. The average molecular weight is 168 g/mol. The lowest BCUT2D eigenvalue weighted by Gasteiger charge is -2.06. The zero-order valence-electron chi connectivity index (χ0n) is 5.43. The summed E-state index contributed by atoms with van der Waals surface area (Å²) in [6.07, 6.45) is -1.09. The van der Waals surface area contributed by atoms with Crippen molar-refractivity contribution in [3.8, 4) is 0 Å². The van der Waals surface area contributed by atoms with E-state index in [-0.39, 0.29) is 6.29 Å². The predicted molar refractivity (Wildman–Crippen MR) is 33.8 cm³/mol. The minimum atomic E-state index is -3.55. The highest BCUT2D eigenvalue weighted by Crippen LogP contribution is 2.36. The minimum absolute atomic E-state index is 0.232. The van der Waals surface area contributed by atoms with E-state index in [4.69, 9.17) is 10.00 Å². The highest BCUT2D eigenvalue weighted by molar-refractivity contribution is 7.51. The molecule has 0 aromatic heterocycles. The number of rotatable bonds is 4. The molecule has 2 N–H and O–H groups in total. The molecule has 6 heteroatoms. The van der Waals surface area contributed by atoms with Gasteiger partial charge in [-0.3, -0.25) is 4.57 Å². The zero-order chi connectivity index (χ0) is 8.20. The molecule has 0 saturated heterocycles. The van der Waals surface area contributed by atoms with Gasteiger partial charge in [0, 0.05) is 6.66 Å². The molecule has 2 unspecified atom stereocenters. The van der Waals surface area contributed by atoms with Crippen LogP contribution < -0.4 is 0 Å². The van der Waals surface area contributed by atoms with Gasteiger partial charge in [-0.25, -0.2) is 0 Å². The predicted octanol–water partition coefficient (Wildman–Crippen LogP) is -0.622. The SMILES string of the molecule is CP(=O)(O)OCC(O)C=O. The van der Waals surface area contributed by atoms with Crippen molar-refractivity contribution >= 4 is 13.9 Å². The maximum Gasteiger partial charge on any atom is 0.325 e. The van der Waals surface area contributed by atoms with Gasteiger partial charge in [0.05, 0.1) is 6.61 Å². The Morgan fingerprint density at radius 3 is 2.60 bits per heavy atom. The van der Waals surface area contributed by atoms with Crippen LogP contribution in [0.5, 0.6) is 0 Å². The van der Waals surface area contributed by atoms with Crippen LogP contribution in [0.3, 0.4) is 0 Å². The topological polar surface area (TPSA) is 83.8 Å². The Hall–Kier alpha value is -0.220. The first-order valence-corrected chi connectivity index (χ1v) is 4.56. The number of hydrogen-bond donors (Lipinski definition) is 2. The lowest BCUT2D eigenvalue weighted by atomic mass is 10.4. The smallest absolute Gasteiger partial charge is 0.325 e. The van der Waals surface area contributed by atoms with Crippen molar-refractivity contribution in [2.75, 3.05) is 13.3 Å². The normalized spacial score (nSPS) is 19.5. The van der Waals surface area contributed by atoms with Crippen LogP contribution in [-0.2, 0) is 13.9 Å². The van der Waals surface area contributed by atoms with E-state index in [0.717, 1.165) is 6.66 Å². The summed E-state index contributed by atoms with van der Waals surface area (Å²) in [4.78, 5) is 18.2. The molecule has 0 saturated carbocycles. The summed E-state index contributed by atoms with van der Waals surface area (Å²) in [6.45, 7) is 0.540. The summed E-state index contributed by atoms with van der Waals surface area (Å²) >= 11 is 0. The van der Waals surface area contributed by atoms with E-state index < -0.39 is 20.3 Å². The second kappa shape index (κ2) is 3.83. The van der Waals surface area contributed by atoms with Crippen LogP contribution in [0.2, 0.25) is 0 Å². The average Bonchev–Trinajstić information content (AvgIpc) is 1.81. The fourth-order valence-electron chi connectivity index (χ4n) is 0.254. The van der Waals surface area contributed by atoms with Gasteiger partial charge in [0.2, 0.25) is 0 Å². The molecule has 60 valence electrons. The van der Waals surface area contributed by atoms with Crippen molar-refractivity contribution in [1.82, 2.24) is 0 Å². The Morgan fingerprint density at radius 2 is 2.30 bits per heavy atom. The summed E-state index contributed by atoms with van der Waals surface area (Å²) in [7, 11) is -3.55. The maximum atomic E-state index is 10.3. The van der Waals surface area contributed by atoms with Crippen molar-refractivity contribution in [3.05, 3.63) is 0 Å². The van der Waals surface area contributed by atoms with Crippen LogP contribution in [0.1, 0.15) is 0 Å². The van der Waals surface area contributed by atoms with Crippen molar-refractivity contribution in [2.24, 2.45) is 0 Å². The third-order valence-electron chi connectivity index (χ3n) is 0.642. The number of carbonyl (C=O) groups is 1. The molecule has 0 aliphatic heterocycles. The van der Waals surface area contributed by atoms with Gasteiger partial charge in [0.25, 0.3) is 0 Å². The molecule has 0 amide bonds. The minimum Gasteiger partial charge on any atom is -0.383 e. The van der Waals surface area contributed by atoms with Gasteiger partial charge >= 0.3 is 7.60 Å². The van der Waals surface area contributed by atoms with E-state index in [0.29, 0.717) is 0 Å². The number of aliphatic hydroxyl groups is 1. The van der Waals surface area contributed by atoms with E-state index >= 15 is 0 Å². The molecule has 0 aliphatic carbocycles. The molecular formula is C4H9O5P. The van der Waals surface area contributed by atoms with Gasteiger partial charge in [0.15, 0.2) is 6.29 Å². The van der Waals surface area contributed by atoms with Gasteiger partial charge in [-0.05, 0) is 0 Å². The van der Waals surface area contributed by atoms with Gasteiger partial charge in [0.1, 0.15) is 6.10 Å². The zero-order valence-corrected chi connectivity index (χ0v) is 6.32. The number of aldehydes is 1. The summed E-state index contributed by atoms with van der Waals surface area (Å²) in [5.41, 5.74) is 0. The Morgan fingerprint density at radius 1 is 1.80 bits per heavy atom. The fourth-order valence-corrected chi connectivity index (χ4v) is 0.683. The van der Waals surface area contributed by atoms with Crippen LogP contribution in [0.25, 0.3) is 0 Å². The number of carbonyl (C=O) groups excluding carboxylic acids is 1. The van der Waals surface area contributed by atoms with E-state index in [1.807, 2.05) is 0 Å². The molecular weight excluding hydrogens is 159 g/mol. The Kier molecular flexibility index (Phi) is 3.75. The van der Waals surface area contributed by atoms with Crippen molar-refractivity contribution < 1.29 is 23.9 Å². The fraction of sp³-hybridized carbons (Fsp3) is 0.750. The van der Waals surface area contributed by atoms with Gasteiger partial charge in [-0.15, -0.1) is 0 Å². The second-order valence-corrected chi connectivity index (χ2v) is 3.67. The Bertz CT molecular complexity index is 150. The highest BCUT2D eigenvalue weighted by atomic mass is 31.2. The Labute approximate surface area is 58.2 Å². The molecule has 10 heavy (non-hydrogen) atoms. The monoisotopic (exact) mass is 168 g/mol. The lowest BCUT2D eigenvalue weighted by molar-refractivity contribution is -0.116. The van der Waals surface area contributed by atoms with Crippen molar-refractivity contribution in [1.29, 1.82) is 0 Å². The molecule has 0 aliphatic rings. The second-order valence-electron chi connectivity index (χ2n) is 1.80. The third-order valence-corrected chi connectivity index (χ3v) is 1.27. The number of aliphatic hydroxyl groups excluding tert-OH is 1. The van der Waals surface area contributed by atoms with E-state index in [1.165, 1.54) is 0 Å². The van der Waals surface area contributed by atoms with Crippen molar-refractivity contribution in [2.45, 2.75) is 6.10 Å². The molecule has 0 aromatic rings. The molecule has 0 aromatic carbocycles. The first-order chi connectivity index (χ1) is 4.45. The maximum absolute atomic E-state index is 10.3. The van der Waals surface area contributed by atoms with Crippen LogP contribution in [0.15, 0.2) is 0 Å². The quantitative estimate of drug-likeness (QED) is 0.431. The largest absolute Gasteiger partial charge is 0.383 e. The highest BCUT2D eigenvalue weighted by Gasteiger charge is 2.12. The summed E-state index contributed by atoms with van der Waals surface area (Å²) in [5.74, 6) is 0. The summed E-state index contributed by atoms with van der Waals surface area (Å²) in [6, 6.07) is 0. The van der Waals surface area contributed by atoms with E-state index in [9.17, 15) is 9.36 Å². The molecule has 0 radical (unpaired) electrons. The van der Waals surface area contributed by atoms with Gasteiger partial charge < -0.3 is 19.3 Å². The van der Waals surface area contributed by atoms with E-state index in [1.54, 1.807) is 0 Å². The molecule has 0 rings (SSSR count). The van der Waals surface area contributed by atoms with Crippen LogP contribution in [0, 0.1) is 0 Å². The van der Waals surface area contributed by atoms with Gasteiger partial charge in [-0.1, -0.05) is 0 Å². The molecule has 0 spiro atoms. The molecule has 0 bridgehead atoms. The first-order valence-electron chi connectivity index (χ1n) is 2.54. The van der Waals surface area contributed by atoms with Gasteiger partial charge in [-0.2, -0.15) is 0 Å². The third kappa shape index (κ3) is 5.91. The molecule has 2 atom stereocenters. The molecule has 5 nitrogen and oxygen atoms in total. The lowest BCUT2D eigenvalue weighted by Crippen LogP contribution is -2.15. The van der Waals surface area contributed by atoms with Crippen molar-refractivity contribution in [3.63, 3.8) is 0 Å². The first kappa shape index (κ1) is 9.78. The van der Waals surface area contributed by atoms with Crippen LogP contribution >= 0.6 is 7.60 Å².